The highest BCUT2D eigenvalue weighted by atomic mass is 79.9. The zero-order valence-electron chi connectivity index (χ0n) is 12.0. The van der Waals surface area contributed by atoms with Gasteiger partial charge in [0, 0.05) is 17.7 Å². The molecule has 1 N–H and O–H groups in total. The van der Waals surface area contributed by atoms with Gasteiger partial charge in [-0.25, -0.2) is 9.18 Å². The van der Waals surface area contributed by atoms with Crippen LogP contribution in [0.1, 0.15) is 20.8 Å². The van der Waals surface area contributed by atoms with Crippen molar-refractivity contribution in [2.75, 3.05) is 6.61 Å². The number of aryl methyl sites for hydroxylation is 1. The molecule has 0 spiro atoms. The quantitative estimate of drug-likeness (QED) is 0.820. The number of benzene rings is 1. The van der Waals surface area contributed by atoms with Crippen LogP contribution in [0.3, 0.4) is 0 Å². The van der Waals surface area contributed by atoms with E-state index in [0.717, 1.165) is 6.07 Å². The van der Waals surface area contributed by atoms with Crippen LogP contribution in [0.5, 0.6) is 0 Å². The fourth-order valence-electron chi connectivity index (χ4n) is 1.79. The van der Waals surface area contributed by atoms with Gasteiger partial charge in [-0.3, -0.25) is 14.9 Å². The molecule has 23 heavy (non-hydrogen) atoms. The molecule has 8 heteroatoms. The summed E-state index contributed by atoms with van der Waals surface area (Å²) in [5, 5.41) is 2.08. The average Bonchev–Trinajstić information content (AvgIpc) is 2.93. The number of ether oxygens (including phenoxy) is 1. The van der Waals surface area contributed by atoms with Gasteiger partial charge < -0.3 is 9.30 Å². The lowest BCUT2D eigenvalue weighted by Crippen LogP contribution is -2.35. The molecule has 6 nitrogen and oxygen atoms in total. The molecule has 0 saturated heterocycles. The molecule has 0 aliphatic carbocycles. The van der Waals surface area contributed by atoms with E-state index in [0.29, 0.717) is 4.47 Å². The maximum absolute atomic E-state index is 13.5. The smallest absolute Gasteiger partial charge is 0.341 e. The Morgan fingerprint density at radius 1 is 1.30 bits per heavy atom. The van der Waals surface area contributed by atoms with Crippen molar-refractivity contribution in [1.82, 2.24) is 9.88 Å². The van der Waals surface area contributed by atoms with Crippen molar-refractivity contribution in [2.45, 2.75) is 0 Å². The Morgan fingerprint density at radius 2 is 2.04 bits per heavy atom. The Balaban J connectivity index is 1.91. The summed E-state index contributed by atoms with van der Waals surface area (Å²) in [5.41, 5.74) is -0.0244. The number of rotatable bonds is 4. The van der Waals surface area contributed by atoms with Crippen LogP contribution in [-0.4, -0.2) is 29.0 Å². The standard InChI is InChI=1S/C15H12BrFN2O4/c1-19-6-2-3-12(19)14(21)18-13(20)8-23-15(22)10-7-9(16)4-5-11(10)17/h2-7H,8H2,1H3,(H,18,20,21). The Hall–Kier alpha value is -2.48. The molecule has 0 unspecified atom stereocenters. The first-order chi connectivity index (χ1) is 10.9. The molecule has 0 saturated carbocycles. The third kappa shape index (κ3) is 4.26. The van der Waals surface area contributed by atoms with Gasteiger partial charge in [0.25, 0.3) is 11.8 Å². The van der Waals surface area contributed by atoms with Crippen molar-refractivity contribution in [3.05, 3.63) is 58.1 Å². The molecule has 0 bridgehead atoms. The maximum atomic E-state index is 13.5. The van der Waals surface area contributed by atoms with E-state index >= 15 is 0 Å². The van der Waals surface area contributed by atoms with E-state index < -0.39 is 30.2 Å². The fourth-order valence-corrected chi connectivity index (χ4v) is 2.15. The Kier molecular flexibility index (Phi) is 5.28. The monoisotopic (exact) mass is 382 g/mol. The van der Waals surface area contributed by atoms with Crippen molar-refractivity contribution >= 4 is 33.7 Å². The number of nitrogens with zero attached hydrogens (tertiary/aromatic N) is 1. The van der Waals surface area contributed by atoms with E-state index in [-0.39, 0.29) is 11.3 Å². The van der Waals surface area contributed by atoms with Gasteiger partial charge in [0.05, 0.1) is 5.56 Å². The highest BCUT2D eigenvalue weighted by molar-refractivity contribution is 9.10. The van der Waals surface area contributed by atoms with E-state index in [1.807, 2.05) is 0 Å². The summed E-state index contributed by atoms with van der Waals surface area (Å²) >= 11 is 3.11. The molecule has 2 aromatic rings. The van der Waals surface area contributed by atoms with Gasteiger partial charge in [-0.2, -0.15) is 0 Å². The summed E-state index contributed by atoms with van der Waals surface area (Å²) in [6, 6.07) is 6.95. The zero-order valence-corrected chi connectivity index (χ0v) is 13.6. The highest BCUT2D eigenvalue weighted by Gasteiger charge is 2.17. The summed E-state index contributed by atoms with van der Waals surface area (Å²) in [5.74, 6) is -3.18. The second-order valence-corrected chi connectivity index (χ2v) is 5.50. The van der Waals surface area contributed by atoms with Gasteiger partial charge in [-0.1, -0.05) is 15.9 Å². The van der Waals surface area contributed by atoms with E-state index in [1.54, 1.807) is 19.3 Å². The second-order valence-electron chi connectivity index (χ2n) is 4.58. The van der Waals surface area contributed by atoms with E-state index in [4.69, 9.17) is 4.74 Å². The summed E-state index contributed by atoms with van der Waals surface area (Å²) in [6.07, 6.45) is 1.65. The number of esters is 1. The van der Waals surface area contributed by atoms with Gasteiger partial charge in [-0.15, -0.1) is 0 Å². The van der Waals surface area contributed by atoms with Crippen LogP contribution < -0.4 is 5.32 Å². The SMILES string of the molecule is Cn1cccc1C(=O)NC(=O)COC(=O)c1cc(Br)ccc1F. The van der Waals surface area contributed by atoms with Gasteiger partial charge in [0.1, 0.15) is 11.5 Å². The van der Waals surface area contributed by atoms with Crippen molar-refractivity contribution < 1.29 is 23.5 Å². The second kappa shape index (κ2) is 7.19. The van der Waals surface area contributed by atoms with Crippen LogP contribution in [0.2, 0.25) is 0 Å². The van der Waals surface area contributed by atoms with Crippen LogP contribution in [-0.2, 0) is 16.6 Å². The summed E-state index contributed by atoms with van der Waals surface area (Å²) in [7, 11) is 1.65. The lowest BCUT2D eigenvalue weighted by atomic mass is 10.2. The first-order valence-electron chi connectivity index (χ1n) is 6.46. The molecule has 0 atom stereocenters. The lowest BCUT2D eigenvalue weighted by molar-refractivity contribution is -0.123. The summed E-state index contributed by atoms with van der Waals surface area (Å²) < 4.78 is 20.2. The predicted octanol–water partition coefficient (Wildman–Crippen LogP) is 2.04. The Labute approximate surface area is 139 Å². The molecule has 0 radical (unpaired) electrons. The summed E-state index contributed by atoms with van der Waals surface area (Å²) in [6.45, 7) is -0.694. The van der Waals surface area contributed by atoms with E-state index in [1.165, 1.54) is 22.8 Å². The van der Waals surface area contributed by atoms with Gasteiger partial charge in [0.15, 0.2) is 6.61 Å². The normalized spacial score (nSPS) is 10.2. The number of carbonyl (C=O) groups excluding carboxylic acids is 3. The minimum atomic E-state index is -0.995. The fraction of sp³-hybridized carbons (Fsp3) is 0.133. The number of carbonyl (C=O) groups is 3. The first kappa shape index (κ1) is 16.9. The van der Waals surface area contributed by atoms with Crippen LogP contribution in [0.25, 0.3) is 0 Å². The summed E-state index contributed by atoms with van der Waals surface area (Å²) in [4.78, 5) is 35.2. The van der Waals surface area contributed by atoms with E-state index in [2.05, 4.69) is 21.2 Å². The highest BCUT2D eigenvalue weighted by Crippen LogP contribution is 2.16. The third-order valence-corrected chi connectivity index (χ3v) is 3.41. The van der Waals surface area contributed by atoms with Crippen LogP contribution in [0.15, 0.2) is 41.0 Å². The Morgan fingerprint density at radius 3 is 2.70 bits per heavy atom. The number of hydrogen-bond acceptors (Lipinski definition) is 4. The van der Waals surface area contributed by atoms with Crippen molar-refractivity contribution in [3.63, 3.8) is 0 Å². The number of halogens is 2. The molecule has 0 aliphatic rings. The number of imide groups is 1. The molecule has 1 aromatic heterocycles. The number of amides is 2. The molecular weight excluding hydrogens is 371 g/mol. The molecule has 2 amide bonds. The Bertz CT molecular complexity index is 773. The van der Waals surface area contributed by atoms with E-state index in [9.17, 15) is 18.8 Å². The minimum absolute atomic E-state index is 0.280. The molecule has 0 aliphatic heterocycles. The average molecular weight is 383 g/mol. The third-order valence-electron chi connectivity index (χ3n) is 2.91. The molecule has 1 heterocycles. The van der Waals surface area contributed by atoms with Crippen LogP contribution in [0, 0.1) is 5.82 Å². The van der Waals surface area contributed by atoms with Crippen LogP contribution >= 0.6 is 15.9 Å². The topological polar surface area (TPSA) is 77.4 Å². The minimum Gasteiger partial charge on any atom is -0.452 e. The van der Waals surface area contributed by atoms with Gasteiger partial charge >= 0.3 is 5.97 Å². The first-order valence-corrected chi connectivity index (χ1v) is 7.25. The van der Waals surface area contributed by atoms with Crippen molar-refractivity contribution in [3.8, 4) is 0 Å². The van der Waals surface area contributed by atoms with Crippen LogP contribution in [0.4, 0.5) is 4.39 Å². The predicted molar refractivity (Wildman–Crippen MR) is 82.3 cm³/mol. The molecule has 0 fully saturated rings. The van der Waals surface area contributed by atoms with Crippen molar-refractivity contribution in [1.29, 1.82) is 0 Å². The molecule has 2 rings (SSSR count). The molecule has 1 aromatic carbocycles. The number of nitrogens with one attached hydrogen (secondary N) is 1. The van der Waals surface area contributed by atoms with Gasteiger partial charge in [-0.05, 0) is 30.3 Å². The largest absolute Gasteiger partial charge is 0.452 e. The lowest BCUT2D eigenvalue weighted by Gasteiger charge is -2.07. The van der Waals surface area contributed by atoms with Crippen molar-refractivity contribution in [2.24, 2.45) is 7.05 Å². The maximum Gasteiger partial charge on any atom is 0.341 e. The zero-order chi connectivity index (χ0) is 17.0. The van der Waals surface area contributed by atoms with Gasteiger partial charge in [0.2, 0.25) is 0 Å². The molecular formula is C15H12BrFN2O4. The number of hydrogen-bond donors (Lipinski definition) is 1. The number of aromatic nitrogens is 1. The molecule has 120 valence electrons.